The minimum atomic E-state index is 0. The van der Waals surface area contributed by atoms with Crippen molar-refractivity contribution in [3.63, 3.8) is 0 Å². The van der Waals surface area contributed by atoms with Crippen LogP contribution in [0.25, 0.3) is 0 Å². The molecule has 0 fully saturated rings. The molecule has 0 saturated carbocycles. The van der Waals surface area contributed by atoms with Gasteiger partial charge in [0, 0.05) is 17.2 Å². The van der Waals surface area contributed by atoms with Crippen LogP contribution in [0, 0.1) is 0 Å². The number of hydrogen-bond donors (Lipinski definition) is 1. The predicted molar refractivity (Wildman–Crippen MR) is 68.0 cm³/mol. The van der Waals surface area contributed by atoms with E-state index in [2.05, 4.69) is 26.2 Å². The van der Waals surface area contributed by atoms with E-state index in [1.807, 2.05) is 12.3 Å². The lowest BCUT2D eigenvalue weighted by Gasteiger charge is -2.16. The summed E-state index contributed by atoms with van der Waals surface area (Å²) in [6, 6.07) is 2.00. The molecular weight excluding hydrogens is 364 g/mol. The molecule has 1 aliphatic heterocycles. The van der Waals surface area contributed by atoms with Gasteiger partial charge in [0.15, 0.2) is 0 Å². The Morgan fingerprint density at radius 2 is 2.15 bits per heavy atom. The second-order valence-corrected chi connectivity index (χ2v) is 3.50. The SMILES string of the molecule is Br.Br.Brc1ccnc2c1CCNC2. The Morgan fingerprint density at radius 1 is 1.38 bits per heavy atom. The first-order valence-electron chi connectivity index (χ1n) is 3.71. The van der Waals surface area contributed by atoms with Gasteiger partial charge in [0.2, 0.25) is 0 Å². The van der Waals surface area contributed by atoms with Crippen LogP contribution in [-0.2, 0) is 13.0 Å². The molecule has 0 spiro atoms. The lowest BCUT2D eigenvalue weighted by Crippen LogP contribution is -2.24. The van der Waals surface area contributed by atoms with Crippen molar-refractivity contribution >= 4 is 49.9 Å². The van der Waals surface area contributed by atoms with Crippen molar-refractivity contribution in [3.05, 3.63) is 28.0 Å². The Balaban J connectivity index is 0.000000720. The topological polar surface area (TPSA) is 24.9 Å². The molecule has 2 nitrogen and oxygen atoms in total. The van der Waals surface area contributed by atoms with E-state index >= 15 is 0 Å². The van der Waals surface area contributed by atoms with E-state index in [0.29, 0.717) is 0 Å². The summed E-state index contributed by atoms with van der Waals surface area (Å²) in [5.41, 5.74) is 2.55. The summed E-state index contributed by atoms with van der Waals surface area (Å²) < 4.78 is 1.20. The summed E-state index contributed by atoms with van der Waals surface area (Å²) in [6.45, 7) is 1.98. The highest BCUT2D eigenvalue weighted by molar-refractivity contribution is 9.10. The molecule has 0 saturated heterocycles. The van der Waals surface area contributed by atoms with Gasteiger partial charge >= 0.3 is 0 Å². The summed E-state index contributed by atoms with van der Waals surface area (Å²) in [4.78, 5) is 4.29. The zero-order chi connectivity index (χ0) is 7.68. The van der Waals surface area contributed by atoms with Crippen LogP contribution in [0.3, 0.4) is 0 Å². The summed E-state index contributed by atoms with van der Waals surface area (Å²) >= 11 is 3.51. The zero-order valence-corrected chi connectivity index (χ0v) is 11.9. The second kappa shape index (κ2) is 6.11. The smallest absolute Gasteiger partial charge is 0.0585 e. The monoisotopic (exact) mass is 372 g/mol. The van der Waals surface area contributed by atoms with Crippen LogP contribution >= 0.6 is 49.9 Å². The highest BCUT2D eigenvalue weighted by Crippen LogP contribution is 2.20. The Hall–Kier alpha value is 0.550. The van der Waals surface area contributed by atoms with Gasteiger partial charge in [-0.15, -0.1) is 34.0 Å². The molecule has 0 aliphatic carbocycles. The molecule has 0 amide bonds. The molecule has 0 unspecified atom stereocenters. The van der Waals surface area contributed by atoms with E-state index in [9.17, 15) is 0 Å². The van der Waals surface area contributed by atoms with Gasteiger partial charge in [-0.2, -0.15) is 0 Å². The minimum Gasteiger partial charge on any atom is -0.311 e. The number of aromatic nitrogens is 1. The van der Waals surface area contributed by atoms with E-state index < -0.39 is 0 Å². The van der Waals surface area contributed by atoms with Crippen LogP contribution in [0.15, 0.2) is 16.7 Å². The third-order valence-electron chi connectivity index (χ3n) is 1.93. The van der Waals surface area contributed by atoms with Crippen molar-refractivity contribution < 1.29 is 0 Å². The Bertz CT molecular complexity index is 278. The third kappa shape index (κ3) is 3.01. The quantitative estimate of drug-likeness (QED) is 0.755. The normalized spacial score (nSPS) is 13.6. The largest absolute Gasteiger partial charge is 0.311 e. The first kappa shape index (κ1) is 13.5. The number of hydrogen-bond acceptors (Lipinski definition) is 2. The van der Waals surface area contributed by atoms with Gasteiger partial charge in [-0.05, 0) is 24.6 Å². The lowest BCUT2D eigenvalue weighted by atomic mass is 10.1. The summed E-state index contributed by atoms with van der Waals surface area (Å²) in [7, 11) is 0. The van der Waals surface area contributed by atoms with Crippen molar-refractivity contribution in [1.29, 1.82) is 0 Å². The van der Waals surface area contributed by atoms with Crippen LogP contribution in [0.4, 0.5) is 0 Å². The molecule has 2 rings (SSSR count). The fourth-order valence-corrected chi connectivity index (χ4v) is 1.89. The van der Waals surface area contributed by atoms with Crippen LogP contribution in [0.5, 0.6) is 0 Å². The first-order chi connectivity index (χ1) is 5.38. The first-order valence-corrected chi connectivity index (χ1v) is 4.50. The second-order valence-electron chi connectivity index (χ2n) is 2.64. The number of halogens is 3. The van der Waals surface area contributed by atoms with Crippen molar-refractivity contribution in [2.75, 3.05) is 6.54 Å². The molecule has 5 heteroatoms. The average molecular weight is 375 g/mol. The number of rotatable bonds is 0. The van der Waals surface area contributed by atoms with Gasteiger partial charge in [-0.25, -0.2) is 0 Å². The van der Waals surface area contributed by atoms with Crippen molar-refractivity contribution in [3.8, 4) is 0 Å². The van der Waals surface area contributed by atoms with Crippen molar-refractivity contribution in [2.45, 2.75) is 13.0 Å². The number of fused-ring (bicyclic) bond motifs is 1. The molecule has 1 aromatic rings. The zero-order valence-electron chi connectivity index (χ0n) is 6.92. The number of nitrogens with zero attached hydrogens (tertiary/aromatic N) is 1. The Labute approximate surface area is 107 Å². The standard InChI is InChI=1S/C8H9BrN2.2BrH/c9-7-2-4-11-8-5-10-3-1-6(7)8;;/h2,4,10H,1,3,5H2;2*1H. The van der Waals surface area contributed by atoms with Crippen LogP contribution in [-0.4, -0.2) is 11.5 Å². The van der Waals surface area contributed by atoms with E-state index in [0.717, 1.165) is 19.5 Å². The third-order valence-corrected chi connectivity index (χ3v) is 2.68. The van der Waals surface area contributed by atoms with Gasteiger partial charge < -0.3 is 5.32 Å². The van der Waals surface area contributed by atoms with Gasteiger partial charge in [-0.1, -0.05) is 15.9 Å². The van der Waals surface area contributed by atoms with E-state index in [1.165, 1.54) is 15.7 Å². The average Bonchev–Trinajstić information content (AvgIpc) is 2.06. The molecule has 2 heterocycles. The van der Waals surface area contributed by atoms with Gasteiger partial charge in [0.05, 0.1) is 5.69 Å². The highest BCUT2D eigenvalue weighted by atomic mass is 79.9. The summed E-state index contributed by atoms with van der Waals surface area (Å²) in [5.74, 6) is 0. The van der Waals surface area contributed by atoms with Crippen LogP contribution < -0.4 is 5.32 Å². The summed E-state index contributed by atoms with van der Waals surface area (Å²) in [5, 5.41) is 3.28. The minimum absolute atomic E-state index is 0. The number of nitrogens with one attached hydrogen (secondary N) is 1. The Kier molecular flexibility index (Phi) is 6.37. The molecule has 0 radical (unpaired) electrons. The Morgan fingerprint density at radius 3 is 2.85 bits per heavy atom. The highest BCUT2D eigenvalue weighted by Gasteiger charge is 2.11. The van der Waals surface area contributed by atoms with E-state index in [1.54, 1.807) is 0 Å². The van der Waals surface area contributed by atoms with Crippen LogP contribution in [0.2, 0.25) is 0 Å². The molecule has 0 atom stereocenters. The molecule has 0 aromatic carbocycles. The fraction of sp³-hybridized carbons (Fsp3) is 0.375. The molecule has 1 aromatic heterocycles. The maximum absolute atomic E-state index is 4.29. The van der Waals surface area contributed by atoms with Crippen LogP contribution in [0.1, 0.15) is 11.3 Å². The maximum Gasteiger partial charge on any atom is 0.0585 e. The molecule has 74 valence electrons. The van der Waals surface area contributed by atoms with Crippen molar-refractivity contribution in [1.82, 2.24) is 10.3 Å². The molecule has 1 aliphatic rings. The fourth-order valence-electron chi connectivity index (χ4n) is 1.35. The van der Waals surface area contributed by atoms with Gasteiger partial charge in [0.1, 0.15) is 0 Å². The molecular formula is C8H11Br3N2. The lowest BCUT2D eigenvalue weighted by molar-refractivity contribution is 0.625. The number of pyridine rings is 1. The molecule has 1 N–H and O–H groups in total. The maximum atomic E-state index is 4.29. The molecule has 13 heavy (non-hydrogen) atoms. The van der Waals surface area contributed by atoms with Gasteiger partial charge in [-0.3, -0.25) is 4.98 Å². The van der Waals surface area contributed by atoms with E-state index in [4.69, 9.17) is 0 Å². The predicted octanol–water partition coefficient (Wildman–Crippen LogP) is 2.65. The van der Waals surface area contributed by atoms with Crippen molar-refractivity contribution in [2.24, 2.45) is 0 Å². The summed E-state index contributed by atoms with van der Waals surface area (Å²) in [6.07, 6.45) is 2.93. The molecule has 0 bridgehead atoms. The van der Waals surface area contributed by atoms with Gasteiger partial charge in [0.25, 0.3) is 0 Å². The van der Waals surface area contributed by atoms with E-state index in [-0.39, 0.29) is 34.0 Å².